The smallest absolute Gasteiger partial charge is 0.233 e. The Morgan fingerprint density at radius 1 is 1.15 bits per heavy atom. The van der Waals surface area contributed by atoms with Gasteiger partial charge in [0.1, 0.15) is 0 Å². The van der Waals surface area contributed by atoms with E-state index < -0.39 is 0 Å². The molecule has 0 atom stereocenters. The lowest BCUT2D eigenvalue weighted by Gasteiger charge is -2.17. The maximum Gasteiger partial charge on any atom is 0.233 e. The molecule has 4 rings (SSSR count). The van der Waals surface area contributed by atoms with Gasteiger partial charge in [0.05, 0.1) is 5.75 Å². The average Bonchev–Trinajstić information content (AvgIpc) is 3.46. The second-order valence-electron chi connectivity index (χ2n) is 6.67. The zero-order valence-electron chi connectivity index (χ0n) is 15.2. The van der Waals surface area contributed by atoms with Gasteiger partial charge in [-0.25, -0.2) is 0 Å². The zero-order chi connectivity index (χ0) is 18.6. The van der Waals surface area contributed by atoms with E-state index in [2.05, 4.69) is 19.7 Å². The summed E-state index contributed by atoms with van der Waals surface area (Å²) >= 11 is 1.46. The predicted molar refractivity (Wildman–Crippen MR) is 105 cm³/mol. The van der Waals surface area contributed by atoms with E-state index in [1.54, 1.807) is 17.3 Å². The molecule has 0 N–H and O–H groups in total. The predicted octanol–water partition coefficient (Wildman–Crippen LogP) is 3.43. The number of carbonyl (C=O) groups excluding carboxylic acids is 1. The lowest BCUT2D eigenvalue weighted by Crippen LogP contribution is -2.27. The minimum Gasteiger partial charge on any atom is -0.341 e. The second-order valence-corrected chi connectivity index (χ2v) is 7.61. The number of nitrogens with zero attached hydrogens (tertiary/aromatic N) is 5. The molecule has 0 spiro atoms. The molecule has 0 unspecified atom stereocenters. The summed E-state index contributed by atoms with van der Waals surface area (Å²) < 4.78 is 2.17. The monoisotopic (exact) mass is 379 g/mol. The molecular formula is C20H21N5OS. The number of thioether (sulfide) groups is 1. The highest BCUT2D eigenvalue weighted by Gasteiger charge is 2.30. The summed E-state index contributed by atoms with van der Waals surface area (Å²) in [5.41, 5.74) is 2.13. The van der Waals surface area contributed by atoms with Crippen LogP contribution in [0.1, 0.15) is 24.4 Å². The molecule has 138 valence electrons. The van der Waals surface area contributed by atoms with E-state index in [1.807, 2.05) is 49.5 Å². The number of carbonyl (C=O) groups is 1. The molecule has 1 aliphatic carbocycles. The van der Waals surface area contributed by atoms with E-state index >= 15 is 0 Å². The van der Waals surface area contributed by atoms with Gasteiger partial charge in [0, 0.05) is 37.6 Å². The number of hydrogen-bond donors (Lipinski definition) is 0. The van der Waals surface area contributed by atoms with Crippen molar-refractivity contribution in [2.45, 2.75) is 30.6 Å². The molecule has 0 aliphatic heterocycles. The van der Waals surface area contributed by atoms with Crippen LogP contribution in [0.2, 0.25) is 0 Å². The number of rotatable bonds is 7. The number of benzene rings is 1. The molecule has 1 saturated carbocycles. The minimum atomic E-state index is 0.0830. The quantitative estimate of drug-likeness (QED) is 0.589. The Morgan fingerprint density at radius 2 is 1.89 bits per heavy atom. The Bertz CT molecular complexity index is 909. The summed E-state index contributed by atoms with van der Waals surface area (Å²) in [4.78, 5) is 18.4. The number of aromatic nitrogens is 4. The molecule has 0 radical (unpaired) electrons. The van der Waals surface area contributed by atoms with Crippen molar-refractivity contribution < 1.29 is 4.79 Å². The average molecular weight is 379 g/mol. The van der Waals surface area contributed by atoms with Crippen LogP contribution >= 0.6 is 11.8 Å². The van der Waals surface area contributed by atoms with Crippen LogP contribution in [0.3, 0.4) is 0 Å². The summed E-state index contributed by atoms with van der Waals surface area (Å²) in [7, 11) is 1.84. The molecule has 27 heavy (non-hydrogen) atoms. The highest BCUT2D eigenvalue weighted by Crippen LogP contribution is 2.40. The Kier molecular flexibility index (Phi) is 5.20. The van der Waals surface area contributed by atoms with Crippen molar-refractivity contribution in [2.24, 2.45) is 0 Å². The fraction of sp³-hybridized carbons (Fsp3) is 0.300. The van der Waals surface area contributed by atoms with Crippen LogP contribution in [0.5, 0.6) is 0 Å². The van der Waals surface area contributed by atoms with Gasteiger partial charge in [-0.2, -0.15) is 0 Å². The van der Waals surface area contributed by atoms with Gasteiger partial charge in [0.25, 0.3) is 0 Å². The van der Waals surface area contributed by atoms with Gasteiger partial charge < -0.3 is 4.90 Å². The lowest BCUT2D eigenvalue weighted by atomic mass is 10.2. The highest BCUT2D eigenvalue weighted by molar-refractivity contribution is 7.99. The first-order chi connectivity index (χ1) is 13.2. The summed E-state index contributed by atoms with van der Waals surface area (Å²) in [6, 6.07) is 14.3. The molecule has 2 aromatic heterocycles. The second kappa shape index (κ2) is 7.92. The van der Waals surface area contributed by atoms with Crippen molar-refractivity contribution in [3.63, 3.8) is 0 Å². The number of pyridine rings is 1. The van der Waals surface area contributed by atoms with Gasteiger partial charge in [-0.15, -0.1) is 10.2 Å². The maximum absolute atomic E-state index is 12.5. The molecule has 1 aliphatic rings. The summed E-state index contributed by atoms with van der Waals surface area (Å²) in [5, 5.41) is 9.54. The molecule has 1 aromatic carbocycles. The van der Waals surface area contributed by atoms with Gasteiger partial charge in [0.15, 0.2) is 11.0 Å². The molecule has 3 aromatic rings. The molecular weight excluding hydrogens is 358 g/mol. The molecule has 0 saturated heterocycles. The van der Waals surface area contributed by atoms with Gasteiger partial charge >= 0.3 is 0 Å². The van der Waals surface area contributed by atoms with Gasteiger partial charge in [-0.3, -0.25) is 14.3 Å². The van der Waals surface area contributed by atoms with E-state index in [1.165, 1.54) is 11.8 Å². The van der Waals surface area contributed by atoms with E-state index in [0.717, 1.165) is 34.9 Å². The van der Waals surface area contributed by atoms with Gasteiger partial charge in [-0.05, 0) is 30.5 Å². The van der Waals surface area contributed by atoms with E-state index in [4.69, 9.17) is 0 Å². The summed E-state index contributed by atoms with van der Waals surface area (Å²) in [6.45, 7) is 0.609. The molecule has 2 heterocycles. The van der Waals surface area contributed by atoms with Crippen LogP contribution in [0, 0.1) is 0 Å². The molecule has 1 amide bonds. The van der Waals surface area contributed by atoms with Crippen LogP contribution in [0.15, 0.2) is 60.0 Å². The first kappa shape index (κ1) is 17.7. The normalized spacial score (nSPS) is 13.5. The van der Waals surface area contributed by atoms with Gasteiger partial charge in [0.2, 0.25) is 5.91 Å². The molecule has 6 nitrogen and oxygen atoms in total. The first-order valence-electron chi connectivity index (χ1n) is 8.98. The topological polar surface area (TPSA) is 63.9 Å². The largest absolute Gasteiger partial charge is 0.341 e. The Labute approximate surface area is 162 Å². The van der Waals surface area contributed by atoms with E-state index in [0.29, 0.717) is 18.3 Å². The fourth-order valence-electron chi connectivity index (χ4n) is 2.92. The van der Waals surface area contributed by atoms with E-state index in [-0.39, 0.29) is 5.91 Å². The van der Waals surface area contributed by atoms with Crippen LogP contribution in [-0.4, -0.2) is 43.4 Å². The zero-order valence-corrected chi connectivity index (χ0v) is 16.0. The number of amides is 1. The molecule has 1 fully saturated rings. The van der Waals surface area contributed by atoms with Crippen LogP contribution in [0.25, 0.3) is 11.4 Å². The van der Waals surface area contributed by atoms with Crippen molar-refractivity contribution in [3.8, 4) is 11.4 Å². The van der Waals surface area contributed by atoms with Crippen molar-refractivity contribution in [1.29, 1.82) is 0 Å². The van der Waals surface area contributed by atoms with Crippen LogP contribution in [0.4, 0.5) is 0 Å². The maximum atomic E-state index is 12.5. The Balaban J connectivity index is 1.44. The van der Waals surface area contributed by atoms with Crippen LogP contribution in [-0.2, 0) is 11.3 Å². The first-order valence-corrected chi connectivity index (χ1v) is 9.97. The fourth-order valence-corrected chi connectivity index (χ4v) is 3.86. The van der Waals surface area contributed by atoms with Crippen LogP contribution < -0.4 is 0 Å². The molecule has 0 bridgehead atoms. The Morgan fingerprint density at radius 3 is 2.59 bits per heavy atom. The third-order valence-corrected chi connectivity index (χ3v) is 5.46. The highest BCUT2D eigenvalue weighted by atomic mass is 32.2. The standard InChI is InChI=1S/C20H21N5OS/c1-24(13-15-5-3-2-4-6-15)18(26)14-27-20-23-22-19(25(20)17-7-8-17)16-9-11-21-12-10-16/h2-6,9-12,17H,7-8,13-14H2,1H3. The van der Waals surface area contributed by atoms with Crippen molar-refractivity contribution in [2.75, 3.05) is 12.8 Å². The minimum absolute atomic E-state index is 0.0830. The molecule has 7 heteroatoms. The summed E-state index contributed by atoms with van der Waals surface area (Å²) in [6.07, 6.45) is 5.78. The summed E-state index contributed by atoms with van der Waals surface area (Å²) in [5.74, 6) is 1.29. The van der Waals surface area contributed by atoms with Crippen molar-refractivity contribution in [3.05, 3.63) is 60.4 Å². The lowest BCUT2D eigenvalue weighted by molar-refractivity contribution is -0.127. The van der Waals surface area contributed by atoms with Crippen molar-refractivity contribution >= 4 is 17.7 Å². The van der Waals surface area contributed by atoms with Crippen molar-refractivity contribution in [1.82, 2.24) is 24.6 Å². The third-order valence-electron chi connectivity index (χ3n) is 4.53. The number of hydrogen-bond acceptors (Lipinski definition) is 5. The Hall–Kier alpha value is -2.67. The SMILES string of the molecule is CN(Cc1ccccc1)C(=O)CSc1nnc(-c2ccncc2)n1C1CC1. The third kappa shape index (κ3) is 4.19. The van der Waals surface area contributed by atoms with Gasteiger partial charge in [-0.1, -0.05) is 42.1 Å². The van der Waals surface area contributed by atoms with E-state index in [9.17, 15) is 4.79 Å².